The van der Waals surface area contributed by atoms with E-state index in [1.54, 1.807) is 6.07 Å². The van der Waals surface area contributed by atoms with Crippen LogP contribution in [0.2, 0.25) is 0 Å². The number of nitrogens with zero attached hydrogens (tertiary/aromatic N) is 2. The fourth-order valence-corrected chi connectivity index (χ4v) is 8.86. The maximum absolute atomic E-state index is 14.5. The lowest BCUT2D eigenvalue weighted by Gasteiger charge is -2.51. The molecule has 0 aliphatic heterocycles. The van der Waals surface area contributed by atoms with Gasteiger partial charge in [-0.1, -0.05) is 47.6 Å². The second-order valence-electron chi connectivity index (χ2n) is 6.51. The molecule has 0 N–H and O–H groups in total. The number of fused-ring (bicyclic) bond motifs is 1. The van der Waals surface area contributed by atoms with Crippen LogP contribution >= 0.6 is 10.2 Å². The molecule has 2 nitrogen and oxygen atoms in total. The molecule has 0 aliphatic carbocycles. The summed E-state index contributed by atoms with van der Waals surface area (Å²) in [6, 6.07) is 3.40. The molecule has 0 saturated heterocycles. The minimum absolute atomic E-state index is 0.160. The Hall–Kier alpha value is -1.03. The smallest absolute Gasteiger partial charge is 0.150 e. The summed E-state index contributed by atoms with van der Waals surface area (Å²) in [5.74, 6) is -0.160. The number of rotatable bonds is 4. The molecule has 0 fully saturated rings. The second kappa shape index (κ2) is 5.64. The van der Waals surface area contributed by atoms with E-state index in [1.165, 1.54) is 0 Å². The Kier molecular flexibility index (Phi) is 4.39. The van der Waals surface area contributed by atoms with Gasteiger partial charge in [-0.2, -0.15) is 5.10 Å². The van der Waals surface area contributed by atoms with Crippen molar-refractivity contribution in [2.24, 2.45) is 0 Å². The van der Waals surface area contributed by atoms with Crippen LogP contribution < -0.4 is 0 Å². The molecular weight excluding hydrogens is 283 g/mol. The van der Waals surface area contributed by atoms with Gasteiger partial charge in [0.1, 0.15) is 11.3 Å². The highest BCUT2D eigenvalue weighted by atomic mass is 32.3. The molecule has 0 spiro atoms. The van der Waals surface area contributed by atoms with Gasteiger partial charge in [-0.05, 0) is 18.6 Å². The highest BCUT2D eigenvalue weighted by Crippen LogP contribution is 2.61. The summed E-state index contributed by atoms with van der Waals surface area (Å²) in [5, 5.41) is 6.94. The van der Waals surface area contributed by atoms with E-state index in [0.29, 0.717) is 21.3 Å². The summed E-state index contributed by atoms with van der Waals surface area (Å²) in [7, 11) is -1.28. The largest absolute Gasteiger partial charge is 0.222 e. The number of halogens is 1. The van der Waals surface area contributed by atoms with Crippen molar-refractivity contribution in [3.8, 4) is 0 Å². The van der Waals surface area contributed by atoms with Crippen LogP contribution in [-0.4, -0.2) is 24.9 Å². The molecule has 0 saturated carbocycles. The van der Waals surface area contributed by atoms with Crippen molar-refractivity contribution in [2.75, 3.05) is 0 Å². The van der Waals surface area contributed by atoms with Gasteiger partial charge in [-0.15, -0.1) is 10.2 Å². The van der Waals surface area contributed by atoms with Gasteiger partial charge >= 0.3 is 0 Å². The highest BCUT2D eigenvalue weighted by Gasteiger charge is 2.38. The molecule has 0 bridgehead atoms. The van der Waals surface area contributed by atoms with E-state index in [1.807, 2.05) is 23.3 Å². The van der Waals surface area contributed by atoms with Crippen molar-refractivity contribution in [1.29, 1.82) is 0 Å². The van der Waals surface area contributed by atoms with E-state index in [9.17, 15) is 4.39 Å². The van der Waals surface area contributed by atoms with E-state index in [2.05, 4.69) is 46.6 Å². The molecule has 2 rings (SSSR count). The molecule has 0 atom stereocenters. The Morgan fingerprint density at radius 3 is 2.00 bits per heavy atom. The summed E-state index contributed by atoms with van der Waals surface area (Å²) >= 11 is 0. The normalized spacial score (nSPS) is 13.9. The van der Waals surface area contributed by atoms with Crippen molar-refractivity contribution in [3.05, 3.63) is 29.7 Å². The van der Waals surface area contributed by atoms with Crippen LogP contribution in [0.3, 0.4) is 0 Å². The third-order valence-electron chi connectivity index (χ3n) is 4.43. The summed E-state index contributed by atoms with van der Waals surface area (Å²) in [4.78, 5) is 0. The van der Waals surface area contributed by atoms with Crippen LogP contribution in [0, 0.1) is 12.7 Å². The fraction of sp³-hybridized carbons (Fsp3) is 0.588. The van der Waals surface area contributed by atoms with Crippen molar-refractivity contribution in [3.63, 3.8) is 0 Å². The Balaban J connectivity index is 2.87. The SMILES string of the molecule is Cc1ccc(F)c2c1cnn2S(C(C)C)(C(C)C)C(C)C. The standard InChI is InChI=1S/C17H27FN2S/c1-11(2)21(12(3)4,13(5)6)20-17-15(10-19-20)14(7)8-9-16(17)18/h8-13H,1-7H3. The zero-order valence-corrected chi connectivity index (χ0v) is 15.0. The summed E-state index contributed by atoms with van der Waals surface area (Å²) in [6.07, 6.45) is 1.84. The van der Waals surface area contributed by atoms with Crippen molar-refractivity contribution in [2.45, 2.75) is 64.2 Å². The number of aryl methyl sites for hydroxylation is 1. The quantitative estimate of drug-likeness (QED) is 0.751. The topological polar surface area (TPSA) is 17.8 Å². The molecule has 2 aromatic rings. The zero-order valence-electron chi connectivity index (χ0n) is 14.1. The Bertz CT molecular complexity index is 622. The van der Waals surface area contributed by atoms with Gasteiger partial charge in [0.25, 0.3) is 0 Å². The lowest BCUT2D eigenvalue weighted by atomic mass is 10.1. The minimum atomic E-state index is -1.28. The average molecular weight is 310 g/mol. The van der Waals surface area contributed by atoms with Crippen LogP contribution in [0.5, 0.6) is 0 Å². The lowest BCUT2D eigenvalue weighted by Crippen LogP contribution is -2.35. The third-order valence-corrected chi connectivity index (χ3v) is 9.84. The molecule has 1 heterocycles. The predicted molar refractivity (Wildman–Crippen MR) is 92.8 cm³/mol. The van der Waals surface area contributed by atoms with Gasteiger partial charge < -0.3 is 0 Å². The number of hydrogen-bond donors (Lipinski definition) is 0. The Labute approximate surface area is 129 Å². The Morgan fingerprint density at radius 1 is 1.00 bits per heavy atom. The molecule has 1 aromatic heterocycles. The molecule has 0 unspecified atom stereocenters. The molecule has 0 radical (unpaired) electrons. The first-order valence-electron chi connectivity index (χ1n) is 7.67. The molecule has 0 aliphatic rings. The van der Waals surface area contributed by atoms with Crippen LogP contribution in [0.4, 0.5) is 4.39 Å². The van der Waals surface area contributed by atoms with Gasteiger partial charge in [0.15, 0.2) is 0 Å². The van der Waals surface area contributed by atoms with Crippen molar-refractivity contribution >= 4 is 21.1 Å². The van der Waals surface area contributed by atoms with Crippen LogP contribution in [-0.2, 0) is 0 Å². The van der Waals surface area contributed by atoms with E-state index in [0.717, 1.165) is 10.9 Å². The lowest BCUT2D eigenvalue weighted by molar-refractivity contribution is 0.633. The minimum Gasteiger partial charge on any atom is -0.222 e. The summed E-state index contributed by atoms with van der Waals surface area (Å²) in [6.45, 7) is 15.5. The van der Waals surface area contributed by atoms with E-state index in [4.69, 9.17) is 0 Å². The number of aromatic nitrogens is 2. The van der Waals surface area contributed by atoms with Crippen molar-refractivity contribution in [1.82, 2.24) is 9.19 Å². The maximum Gasteiger partial charge on any atom is 0.150 e. The first-order valence-corrected chi connectivity index (χ1v) is 9.45. The summed E-state index contributed by atoms with van der Waals surface area (Å²) < 4.78 is 16.6. The number of hydrogen-bond acceptors (Lipinski definition) is 1. The summed E-state index contributed by atoms with van der Waals surface area (Å²) in [5.41, 5.74) is 1.77. The first-order chi connectivity index (χ1) is 9.74. The molecule has 4 heteroatoms. The van der Waals surface area contributed by atoms with Gasteiger partial charge in [0.05, 0.1) is 6.20 Å². The van der Waals surface area contributed by atoms with Gasteiger partial charge in [0.2, 0.25) is 0 Å². The van der Waals surface area contributed by atoms with E-state index < -0.39 is 10.2 Å². The Morgan fingerprint density at radius 2 is 1.52 bits per heavy atom. The van der Waals surface area contributed by atoms with Crippen LogP contribution in [0.25, 0.3) is 10.9 Å². The maximum atomic E-state index is 14.5. The highest BCUT2D eigenvalue weighted by molar-refractivity contribution is 8.33. The van der Waals surface area contributed by atoms with Crippen molar-refractivity contribution < 1.29 is 4.39 Å². The predicted octanol–water partition coefficient (Wildman–Crippen LogP) is 5.28. The third kappa shape index (κ3) is 2.28. The van der Waals surface area contributed by atoms with E-state index >= 15 is 0 Å². The van der Waals surface area contributed by atoms with Crippen LogP contribution in [0.1, 0.15) is 47.1 Å². The molecule has 118 valence electrons. The molecule has 21 heavy (non-hydrogen) atoms. The van der Waals surface area contributed by atoms with Gasteiger partial charge in [0, 0.05) is 21.1 Å². The molecule has 0 amide bonds. The second-order valence-corrected chi connectivity index (χ2v) is 11.1. The van der Waals surface area contributed by atoms with E-state index in [-0.39, 0.29) is 5.82 Å². The molecular formula is C17H27FN2S. The van der Waals surface area contributed by atoms with Gasteiger partial charge in [-0.3, -0.25) is 0 Å². The monoisotopic (exact) mass is 310 g/mol. The van der Waals surface area contributed by atoms with Gasteiger partial charge in [-0.25, -0.2) is 8.48 Å². The number of benzene rings is 1. The van der Waals surface area contributed by atoms with Crippen LogP contribution in [0.15, 0.2) is 18.3 Å². The fourth-order valence-electron chi connectivity index (χ4n) is 3.68. The average Bonchev–Trinajstić information content (AvgIpc) is 2.79. The zero-order chi connectivity index (χ0) is 15.9. The first kappa shape index (κ1) is 16.3. The molecule has 1 aromatic carbocycles.